The zero-order chi connectivity index (χ0) is 35.8. The van der Waals surface area contributed by atoms with Crippen LogP contribution in [0.3, 0.4) is 0 Å². The highest BCUT2D eigenvalue weighted by molar-refractivity contribution is 6.61. The molecule has 0 spiro atoms. The van der Waals surface area contributed by atoms with Gasteiger partial charge in [0, 0.05) is 83.4 Å². The van der Waals surface area contributed by atoms with E-state index in [1.807, 2.05) is 62.3 Å². The quantitative estimate of drug-likeness (QED) is 0.0393. The average molecular weight is 757 g/mol. The van der Waals surface area contributed by atoms with Crippen molar-refractivity contribution in [1.82, 2.24) is 10.6 Å². The fraction of sp³-hybridized carbons (Fsp3) is 1.00. The molecule has 0 atom stereocenters. The summed E-state index contributed by atoms with van der Waals surface area (Å²) in [5.74, 6) is 0.267. The minimum Gasteiger partial charge on any atom is -0.374 e. The second kappa shape index (κ2) is 32.1. The zero-order valence-corrected chi connectivity index (χ0v) is 36.5. The van der Waals surface area contributed by atoms with Gasteiger partial charge in [0.15, 0.2) is 0 Å². The van der Waals surface area contributed by atoms with Gasteiger partial charge in [-0.05, 0) is 94.7 Å². The molecule has 0 aliphatic carbocycles. The topological polar surface area (TPSA) is 107 Å². The molecule has 0 aromatic rings. The van der Waals surface area contributed by atoms with Gasteiger partial charge in [-0.3, -0.25) is 0 Å². The summed E-state index contributed by atoms with van der Waals surface area (Å²) in [7, 11) is -6.98. The fourth-order valence-corrected chi connectivity index (χ4v) is 15.0. The predicted molar refractivity (Wildman–Crippen MR) is 204 cm³/mol. The fourth-order valence-electron chi connectivity index (χ4n) is 5.74. The summed E-state index contributed by atoms with van der Waals surface area (Å²) in [6.07, 6.45) is 9.22. The average Bonchev–Trinajstić information content (AvgIpc) is 3.05. The van der Waals surface area contributed by atoms with Crippen LogP contribution in [0.2, 0.25) is 24.2 Å². The van der Waals surface area contributed by atoms with Crippen LogP contribution in [0.25, 0.3) is 0 Å². The van der Waals surface area contributed by atoms with Gasteiger partial charge in [-0.15, -0.1) is 0 Å². The molecule has 2 radical (unpaired) electrons. The molecule has 288 valence electrons. The molecular formula is C33H76N2O9Si4. The lowest BCUT2D eigenvalue weighted by Gasteiger charge is -2.29. The molecule has 0 aliphatic heterocycles. The Morgan fingerprint density at radius 2 is 0.646 bits per heavy atom. The van der Waals surface area contributed by atoms with Crippen LogP contribution >= 0.6 is 0 Å². The van der Waals surface area contributed by atoms with Crippen LogP contribution < -0.4 is 10.6 Å². The first-order chi connectivity index (χ1) is 23.3. The van der Waals surface area contributed by atoms with Crippen molar-refractivity contribution in [3.8, 4) is 0 Å². The van der Waals surface area contributed by atoms with Crippen LogP contribution in [0.4, 0.5) is 0 Å². The third kappa shape index (κ3) is 22.4. The first kappa shape index (κ1) is 48.4. The van der Waals surface area contributed by atoms with Crippen molar-refractivity contribution >= 4 is 35.9 Å². The lowest BCUT2D eigenvalue weighted by molar-refractivity contribution is 0.0698. The van der Waals surface area contributed by atoms with Crippen molar-refractivity contribution in [1.29, 1.82) is 0 Å². The van der Waals surface area contributed by atoms with E-state index >= 15 is 0 Å². The number of hydrogen-bond donors (Lipinski definition) is 2. The molecule has 11 nitrogen and oxygen atoms in total. The lowest BCUT2D eigenvalue weighted by atomic mass is 10.1. The molecule has 0 saturated heterocycles. The van der Waals surface area contributed by atoms with Crippen LogP contribution in [0, 0.1) is 0 Å². The first-order valence-corrected chi connectivity index (χ1v) is 26.4. The summed E-state index contributed by atoms with van der Waals surface area (Å²) in [5.41, 5.74) is 0. The van der Waals surface area contributed by atoms with Crippen LogP contribution in [-0.2, 0) is 39.8 Å². The second-order valence-electron chi connectivity index (χ2n) is 11.3. The van der Waals surface area contributed by atoms with E-state index in [1.54, 1.807) is 0 Å². The molecule has 0 bridgehead atoms. The minimum absolute atomic E-state index is 0.267. The zero-order valence-electron chi connectivity index (χ0n) is 32.5. The Morgan fingerprint density at radius 1 is 0.375 bits per heavy atom. The molecule has 0 saturated carbocycles. The van der Waals surface area contributed by atoms with Gasteiger partial charge < -0.3 is 50.5 Å². The number of unbranched alkanes of at least 4 members (excludes halogenated alkanes) is 5. The smallest absolute Gasteiger partial charge is 0.374 e. The van der Waals surface area contributed by atoms with E-state index in [-0.39, 0.29) is 5.79 Å². The van der Waals surface area contributed by atoms with Crippen molar-refractivity contribution in [2.75, 3.05) is 72.6 Å². The van der Waals surface area contributed by atoms with Gasteiger partial charge in [0.1, 0.15) is 0 Å². The monoisotopic (exact) mass is 756 g/mol. The van der Waals surface area contributed by atoms with Crippen molar-refractivity contribution in [3.05, 3.63) is 0 Å². The van der Waals surface area contributed by atoms with Crippen LogP contribution in [0.1, 0.15) is 114 Å². The Balaban J connectivity index is 4.90. The van der Waals surface area contributed by atoms with E-state index < -0.39 is 26.4 Å². The standard InChI is InChI=1S/C33H76N2O9Si4/c1-10-36-46(37-11-2,38-12-3)30-24-22-20-19-21-23-29-45-33(34-27-25-31-47(39-13-4,40-14-5)41-15-6)35-28-26-32-48(42-16-7,43-17-8)44-18-9/h33-35H,10-32H2,1-9H3. The van der Waals surface area contributed by atoms with E-state index in [9.17, 15) is 0 Å². The lowest BCUT2D eigenvalue weighted by Crippen LogP contribution is -2.50. The van der Waals surface area contributed by atoms with Crippen molar-refractivity contribution in [3.63, 3.8) is 0 Å². The predicted octanol–water partition coefficient (Wildman–Crippen LogP) is 6.84. The Hall–Kier alpha value is 0.428. The number of rotatable bonds is 38. The van der Waals surface area contributed by atoms with Crippen molar-refractivity contribution < 1.29 is 39.8 Å². The third-order valence-corrected chi connectivity index (χ3v) is 18.5. The molecule has 0 rings (SSSR count). The van der Waals surface area contributed by atoms with E-state index in [1.165, 1.54) is 38.1 Å². The molecule has 0 aromatic heterocycles. The van der Waals surface area contributed by atoms with Gasteiger partial charge >= 0.3 is 26.4 Å². The van der Waals surface area contributed by atoms with Crippen LogP contribution in [0.5, 0.6) is 0 Å². The summed E-state index contributed by atoms with van der Waals surface area (Å²) in [4.78, 5) is 0. The van der Waals surface area contributed by atoms with E-state index in [0.717, 1.165) is 60.0 Å². The molecule has 0 unspecified atom stereocenters. The molecule has 0 aliphatic rings. The Labute approximate surface area is 301 Å². The first-order valence-electron chi connectivity index (χ1n) is 19.3. The molecule has 2 N–H and O–H groups in total. The van der Waals surface area contributed by atoms with Crippen molar-refractivity contribution in [2.45, 2.75) is 144 Å². The normalized spacial score (nSPS) is 12.9. The summed E-state index contributed by atoms with van der Waals surface area (Å²) in [6.45, 7) is 25.5. The van der Waals surface area contributed by atoms with Crippen molar-refractivity contribution in [2.24, 2.45) is 0 Å². The highest BCUT2D eigenvalue weighted by atomic mass is 28.4. The van der Waals surface area contributed by atoms with E-state index in [0.29, 0.717) is 59.5 Å². The SMILES string of the molecule is CCO[Si](CCCCCCCC[Si]C(NCCC[Si](OCC)(OCC)OCC)NCCC[Si](OCC)(OCC)OCC)(OCC)OCC. The number of hydrogen-bond acceptors (Lipinski definition) is 11. The maximum absolute atomic E-state index is 6.07. The second-order valence-corrected chi connectivity index (χ2v) is 21.0. The summed E-state index contributed by atoms with van der Waals surface area (Å²) >= 11 is 0. The van der Waals surface area contributed by atoms with Gasteiger partial charge in [0.25, 0.3) is 0 Å². The van der Waals surface area contributed by atoms with Gasteiger partial charge in [-0.2, -0.15) is 0 Å². The molecular weight excluding hydrogens is 681 g/mol. The van der Waals surface area contributed by atoms with Gasteiger partial charge in [0.05, 0.1) is 9.52 Å². The highest BCUT2D eigenvalue weighted by Gasteiger charge is 2.41. The molecule has 15 heteroatoms. The summed E-state index contributed by atoms with van der Waals surface area (Å²) in [6, 6.07) is 3.76. The van der Waals surface area contributed by atoms with E-state index in [4.69, 9.17) is 39.8 Å². The maximum atomic E-state index is 6.07. The Morgan fingerprint density at radius 3 is 0.958 bits per heavy atom. The highest BCUT2D eigenvalue weighted by Crippen LogP contribution is 2.22. The molecule has 0 amide bonds. The van der Waals surface area contributed by atoms with Crippen LogP contribution in [-0.4, -0.2) is 114 Å². The Kier molecular flexibility index (Phi) is 32.4. The molecule has 48 heavy (non-hydrogen) atoms. The number of nitrogens with one attached hydrogen (secondary N) is 2. The third-order valence-electron chi connectivity index (χ3n) is 7.55. The van der Waals surface area contributed by atoms with Gasteiger partial charge in [-0.25, -0.2) is 0 Å². The maximum Gasteiger partial charge on any atom is 0.500 e. The Bertz CT molecular complexity index is 622. The summed E-state index contributed by atoms with van der Waals surface area (Å²) in [5, 5.41) is 7.60. The molecule has 0 heterocycles. The largest absolute Gasteiger partial charge is 0.500 e. The molecule has 0 fully saturated rings. The summed E-state index contributed by atoms with van der Waals surface area (Å²) < 4.78 is 54.4. The van der Waals surface area contributed by atoms with Gasteiger partial charge in [-0.1, -0.05) is 38.1 Å². The van der Waals surface area contributed by atoms with Gasteiger partial charge in [0.2, 0.25) is 0 Å². The minimum atomic E-state index is -2.63. The van der Waals surface area contributed by atoms with E-state index in [2.05, 4.69) is 10.6 Å². The van der Waals surface area contributed by atoms with Crippen LogP contribution in [0.15, 0.2) is 0 Å². The molecule has 0 aromatic carbocycles.